The first-order valence-electron chi connectivity index (χ1n) is 6.40. The Hall–Kier alpha value is -1.23. The van der Waals surface area contributed by atoms with E-state index in [2.05, 4.69) is 37.3 Å². The molecule has 0 fully saturated rings. The second-order valence-electron chi connectivity index (χ2n) is 5.52. The van der Waals surface area contributed by atoms with Crippen molar-refractivity contribution in [1.82, 2.24) is 10.3 Å². The zero-order valence-corrected chi connectivity index (χ0v) is 12.9. The molecular weight excluding hydrogens is 258 g/mol. The van der Waals surface area contributed by atoms with Crippen LogP contribution in [-0.4, -0.2) is 29.4 Å². The molecule has 5 heteroatoms. The lowest BCUT2D eigenvalue weighted by molar-refractivity contribution is 0.0953. The topological polar surface area (TPSA) is 68.0 Å². The van der Waals surface area contributed by atoms with Gasteiger partial charge in [0.2, 0.25) is 0 Å². The van der Waals surface area contributed by atoms with E-state index in [0.29, 0.717) is 17.9 Å². The molecule has 1 amide bonds. The summed E-state index contributed by atoms with van der Waals surface area (Å²) in [6, 6.07) is 3.44. The first-order valence-corrected chi connectivity index (χ1v) is 7.79. The zero-order valence-electron chi connectivity index (χ0n) is 12.1. The summed E-state index contributed by atoms with van der Waals surface area (Å²) in [5, 5.41) is 2.90. The van der Waals surface area contributed by atoms with Crippen LogP contribution in [0.2, 0.25) is 0 Å². The fraction of sp³-hybridized carbons (Fsp3) is 0.571. The van der Waals surface area contributed by atoms with E-state index in [-0.39, 0.29) is 11.3 Å². The van der Waals surface area contributed by atoms with E-state index in [1.165, 1.54) is 0 Å². The van der Waals surface area contributed by atoms with Crippen molar-refractivity contribution in [3.05, 3.63) is 23.4 Å². The quantitative estimate of drug-likeness (QED) is 0.813. The summed E-state index contributed by atoms with van der Waals surface area (Å²) in [6.07, 6.45) is 3.03. The summed E-state index contributed by atoms with van der Waals surface area (Å²) >= 11 is 1.78. The highest BCUT2D eigenvalue weighted by Crippen LogP contribution is 2.22. The summed E-state index contributed by atoms with van der Waals surface area (Å²) in [5.74, 6) is 1.36. The monoisotopic (exact) mass is 281 g/mol. The maximum Gasteiger partial charge on any atom is 0.251 e. The van der Waals surface area contributed by atoms with Gasteiger partial charge in [0.25, 0.3) is 5.91 Å². The predicted molar refractivity (Wildman–Crippen MR) is 82.7 cm³/mol. The summed E-state index contributed by atoms with van der Waals surface area (Å²) < 4.78 is 0. The van der Waals surface area contributed by atoms with Crippen molar-refractivity contribution in [3.63, 3.8) is 0 Å². The third-order valence-electron chi connectivity index (χ3n) is 2.69. The molecule has 0 aliphatic carbocycles. The molecule has 0 spiro atoms. The molecule has 1 aromatic heterocycles. The normalized spacial score (nSPS) is 11.4. The Morgan fingerprint density at radius 3 is 2.68 bits per heavy atom. The van der Waals surface area contributed by atoms with Gasteiger partial charge in [-0.1, -0.05) is 20.8 Å². The van der Waals surface area contributed by atoms with Crippen molar-refractivity contribution in [2.24, 2.45) is 0 Å². The molecule has 19 heavy (non-hydrogen) atoms. The number of aromatic nitrogens is 1. The summed E-state index contributed by atoms with van der Waals surface area (Å²) in [7, 11) is 0. The lowest BCUT2D eigenvalue weighted by Gasteiger charge is -2.19. The molecule has 0 aliphatic heterocycles. The molecule has 0 aliphatic rings. The third-order valence-corrected chi connectivity index (χ3v) is 3.38. The van der Waals surface area contributed by atoms with Gasteiger partial charge in [-0.2, -0.15) is 11.8 Å². The minimum atomic E-state index is -0.122. The van der Waals surface area contributed by atoms with E-state index in [0.717, 1.165) is 17.9 Å². The molecule has 0 saturated heterocycles. The van der Waals surface area contributed by atoms with Gasteiger partial charge < -0.3 is 11.1 Å². The van der Waals surface area contributed by atoms with Crippen LogP contribution in [0.1, 0.15) is 43.2 Å². The smallest absolute Gasteiger partial charge is 0.251 e. The van der Waals surface area contributed by atoms with Crippen molar-refractivity contribution in [3.8, 4) is 0 Å². The molecule has 1 heterocycles. The second kappa shape index (κ2) is 6.80. The van der Waals surface area contributed by atoms with Crippen LogP contribution < -0.4 is 11.1 Å². The molecule has 0 saturated carbocycles. The number of carbonyl (C=O) groups is 1. The van der Waals surface area contributed by atoms with Gasteiger partial charge in [-0.05, 0) is 30.6 Å². The number of hydrogen-bond acceptors (Lipinski definition) is 4. The highest BCUT2D eigenvalue weighted by Gasteiger charge is 2.18. The van der Waals surface area contributed by atoms with E-state index >= 15 is 0 Å². The summed E-state index contributed by atoms with van der Waals surface area (Å²) in [4.78, 5) is 16.3. The molecule has 106 valence electrons. The Bertz CT molecular complexity index is 441. The minimum absolute atomic E-state index is 0.0827. The SMILES string of the molecule is CSCCCNC(=O)c1cc(N)nc(C(C)(C)C)c1. The zero-order chi connectivity index (χ0) is 14.5. The number of nitrogen functional groups attached to an aromatic ring is 1. The number of pyridine rings is 1. The second-order valence-corrected chi connectivity index (χ2v) is 6.50. The molecule has 0 bridgehead atoms. The van der Waals surface area contributed by atoms with Crippen LogP contribution in [0, 0.1) is 0 Å². The number of nitrogens with one attached hydrogen (secondary N) is 1. The predicted octanol–water partition coefficient (Wildman–Crippen LogP) is 2.44. The Morgan fingerprint density at radius 2 is 2.11 bits per heavy atom. The molecule has 0 unspecified atom stereocenters. The standard InChI is InChI=1S/C14H23N3OS/c1-14(2,3)11-8-10(9-12(15)17-11)13(18)16-6-5-7-19-4/h8-9H,5-7H2,1-4H3,(H2,15,17)(H,16,18). The van der Waals surface area contributed by atoms with Gasteiger partial charge in [0, 0.05) is 23.2 Å². The van der Waals surface area contributed by atoms with E-state index in [1.807, 2.05) is 6.07 Å². The van der Waals surface area contributed by atoms with E-state index in [9.17, 15) is 4.79 Å². The maximum absolute atomic E-state index is 12.0. The van der Waals surface area contributed by atoms with Crippen molar-refractivity contribution < 1.29 is 4.79 Å². The van der Waals surface area contributed by atoms with E-state index in [1.54, 1.807) is 17.8 Å². The van der Waals surface area contributed by atoms with Crippen LogP contribution in [0.5, 0.6) is 0 Å². The molecule has 0 atom stereocenters. The van der Waals surface area contributed by atoms with Crippen molar-refractivity contribution in [2.45, 2.75) is 32.6 Å². The van der Waals surface area contributed by atoms with Crippen LogP contribution >= 0.6 is 11.8 Å². The van der Waals surface area contributed by atoms with E-state index < -0.39 is 0 Å². The van der Waals surface area contributed by atoms with Gasteiger partial charge in [0.1, 0.15) is 5.82 Å². The fourth-order valence-electron chi connectivity index (χ4n) is 1.59. The van der Waals surface area contributed by atoms with Gasteiger partial charge in [0.15, 0.2) is 0 Å². The Balaban J connectivity index is 2.77. The van der Waals surface area contributed by atoms with Crippen LogP contribution in [0.3, 0.4) is 0 Å². The molecular formula is C14H23N3OS. The van der Waals surface area contributed by atoms with Gasteiger partial charge in [-0.25, -0.2) is 4.98 Å². The number of hydrogen-bond donors (Lipinski definition) is 2. The molecule has 4 nitrogen and oxygen atoms in total. The molecule has 1 aromatic rings. The number of nitrogens with zero attached hydrogens (tertiary/aromatic N) is 1. The third kappa shape index (κ3) is 5.11. The Labute approximate surface area is 119 Å². The highest BCUT2D eigenvalue weighted by molar-refractivity contribution is 7.98. The van der Waals surface area contributed by atoms with Crippen molar-refractivity contribution in [1.29, 1.82) is 0 Å². The fourth-order valence-corrected chi connectivity index (χ4v) is 2.02. The molecule has 3 N–H and O–H groups in total. The number of carbonyl (C=O) groups excluding carboxylic acids is 1. The summed E-state index contributed by atoms with van der Waals surface area (Å²) in [6.45, 7) is 6.84. The lowest BCUT2D eigenvalue weighted by Crippen LogP contribution is -2.26. The van der Waals surface area contributed by atoms with Gasteiger partial charge in [-0.3, -0.25) is 4.79 Å². The largest absolute Gasteiger partial charge is 0.384 e. The van der Waals surface area contributed by atoms with Crippen LogP contribution in [0.15, 0.2) is 12.1 Å². The molecule has 0 radical (unpaired) electrons. The number of amides is 1. The average Bonchev–Trinajstić information content (AvgIpc) is 2.32. The first-order chi connectivity index (χ1) is 8.84. The minimum Gasteiger partial charge on any atom is -0.384 e. The van der Waals surface area contributed by atoms with Crippen LogP contribution in [0.4, 0.5) is 5.82 Å². The van der Waals surface area contributed by atoms with Crippen molar-refractivity contribution >= 4 is 23.5 Å². The van der Waals surface area contributed by atoms with Gasteiger partial charge in [0.05, 0.1) is 0 Å². The first kappa shape index (κ1) is 15.8. The number of rotatable bonds is 5. The summed E-state index contributed by atoms with van der Waals surface area (Å²) in [5.41, 5.74) is 7.07. The average molecular weight is 281 g/mol. The molecule has 0 aromatic carbocycles. The Kier molecular flexibility index (Phi) is 5.66. The number of thioether (sulfide) groups is 1. The Morgan fingerprint density at radius 1 is 1.42 bits per heavy atom. The number of nitrogens with two attached hydrogens (primary N) is 1. The van der Waals surface area contributed by atoms with Gasteiger partial charge >= 0.3 is 0 Å². The van der Waals surface area contributed by atoms with Crippen LogP contribution in [0.25, 0.3) is 0 Å². The van der Waals surface area contributed by atoms with Crippen molar-refractivity contribution in [2.75, 3.05) is 24.3 Å². The maximum atomic E-state index is 12.0. The van der Waals surface area contributed by atoms with Crippen LogP contribution in [-0.2, 0) is 5.41 Å². The highest BCUT2D eigenvalue weighted by atomic mass is 32.2. The lowest BCUT2D eigenvalue weighted by atomic mass is 9.90. The number of anilines is 1. The molecule has 1 rings (SSSR count). The van der Waals surface area contributed by atoms with E-state index in [4.69, 9.17) is 5.73 Å². The van der Waals surface area contributed by atoms with Gasteiger partial charge in [-0.15, -0.1) is 0 Å².